The second kappa shape index (κ2) is 8.31. The molecule has 2 aromatic carbocycles. The number of halogens is 2. The molecule has 0 saturated carbocycles. The number of aromatic nitrogens is 4. The lowest BCUT2D eigenvalue weighted by atomic mass is 10.1. The minimum atomic E-state index is -4.29. The van der Waals surface area contributed by atoms with Crippen LogP contribution in [0.1, 0.15) is 5.56 Å². The van der Waals surface area contributed by atoms with Crippen molar-refractivity contribution < 1.29 is 17.5 Å². The number of nitrogens with one attached hydrogen (secondary N) is 2. The van der Waals surface area contributed by atoms with Crippen molar-refractivity contribution in [2.24, 2.45) is 0 Å². The first-order valence-electron chi connectivity index (χ1n) is 8.37. The van der Waals surface area contributed by atoms with E-state index in [-0.39, 0.29) is 21.7 Å². The molecule has 4 rings (SSSR count). The summed E-state index contributed by atoms with van der Waals surface area (Å²) in [4.78, 5) is 3.03. The van der Waals surface area contributed by atoms with Crippen molar-refractivity contribution in [1.29, 1.82) is 5.26 Å². The molecule has 4 aromatic rings. The smallest absolute Gasteiger partial charge is 0.266 e. The number of hydrogen-bond acceptors (Lipinski definition) is 8. The van der Waals surface area contributed by atoms with Crippen LogP contribution in [-0.4, -0.2) is 28.0 Å². The molecule has 0 aliphatic rings. The number of H-pyrrole nitrogens is 1. The SMILES string of the molecule is N#Cc1ccc(Oc2cc(F)c(S(=O)(=O)Nc3ncns3)cc2Cl)c(-c2ccn[nH]2)c1. The molecule has 0 radical (unpaired) electrons. The van der Waals surface area contributed by atoms with E-state index in [4.69, 9.17) is 21.6 Å². The molecule has 0 saturated heterocycles. The van der Waals surface area contributed by atoms with Gasteiger partial charge in [-0.2, -0.15) is 14.7 Å². The van der Waals surface area contributed by atoms with E-state index >= 15 is 0 Å². The molecular weight excluding hydrogens is 467 g/mol. The highest BCUT2D eigenvalue weighted by atomic mass is 35.5. The van der Waals surface area contributed by atoms with Crippen LogP contribution in [0.25, 0.3) is 11.3 Å². The largest absolute Gasteiger partial charge is 0.455 e. The van der Waals surface area contributed by atoms with Crippen LogP contribution in [0.2, 0.25) is 5.02 Å². The van der Waals surface area contributed by atoms with E-state index in [0.717, 1.165) is 30.0 Å². The van der Waals surface area contributed by atoms with Gasteiger partial charge in [-0.1, -0.05) is 11.6 Å². The minimum absolute atomic E-state index is 0.0161. The zero-order chi connectivity index (χ0) is 22.0. The maximum atomic E-state index is 14.7. The van der Waals surface area contributed by atoms with E-state index in [2.05, 4.69) is 24.3 Å². The lowest BCUT2D eigenvalue weighted by Gasteiger charge is -2.13. The van der Waals surface area contributed by atoms with Crippen LogP contribution in [0, 0.1) is 17.1 Å². The summed E-state index contributed by atoms with van der Waals surface area (Å²) in [5.74, 6) is -0.931. The monoisotopic (exact) mass is 476 g/mol. The highest BCUT2D eigenvalue weighted by molar-refractivity contribution is 7.93. The Hall–Kier alpha value is -3.53. The summed E-state index contributed by atoms with van der Waals surface area (Å²) in [5.41, 5.74) is 1.42. The number of sulfonamides is 1. The summed E-state index contributed by atoms with van der Waals surface area (Å²) in [7, 11) is -4.29. The van der Waals surface area contributed by atoms with Crippen LogP contribution in [0.5, 0.6) is 11.5 Å². The van der Waals surface area contributed by atoms with Crippen LogP contribution in [-0.2, 0) is 10.0 Å². The lowest BCUT2D eigenvalue weighted by molar-refractivity contribution is 0.475. The Morgan fingerprint density at radius 1 is 1.23 bits per heavy atom. The Labute approximate surface area is 184 Å². The van der Waals surface area contributed by atoms with Crippen molar-refractivity contribution in [3.63, 3.8) is 0 Å². The second-order valence-electron chi connectivity index (χ2n) is 5.96. The van der Waals surface area contributed by atoms with E-state index in [1.54, 1.807) is 12.1 Å². The van der Waals surface area contributed by atoms with Gasteiger partial charge < -0.3 is 4.74 Å². The van der Waals surface area contributed by atoms with Crippen LogP contribution in [0.4, 0.5) is 9.52 Å². The molecule has 0 bridgehead atoms. The van der Waals surface area contributed by atoms with Crippen LogP contribution >= 0.6 is 23.1 Å². The van der Waals surface area contributed by atoms with Crippen molar-refractivity contribution in [3.05, 3.63) is 65.3 Å². The van der Waals surface area contributed by atoms with Gasteiger partial charge >= 0.3 is 0 Å². The van der Waals surface area contributed by atoms with Crippen LogP contribution < -0.4 is 9.46 Å². The number of aromatic amines is 1. The average Bonchev–Trinajstić information content (AvgIpc) is 3.44. The first-order chi connectivity index (χ1) is 14.9. The molecule has 0 fully saturated rings. The highest BCUT2D eigenvalue weighted by Gasteiger charge is 2.24. The predicted octanol–water partition coefficient (Wildman–Crippen LogP) is 4.19. The van der Waals surface area contributed by atoms with Crippen molar-refractivity contribution in [1.82, 2.24) is 19.6 Å². The van der Waals surface area contributed by atoms with E-state index in [1.807, 2.05) is 6.07 Å². The molecule has 13 heteroatoms. The molecule has 2 N–H and O–H groups in total. The molecule has 0 spiro atoms. The van der Waals surface area contributed by atoms with Gasteiger partial charge in [0.2, 0.25) is 5.13 Å². The predicted molar refractivity (Wildman–Crippen MR) is 111 cm³/mol. The van der Waals surface area contributed by atoms with Gasteiger partial charge in [-0.3, -0.25) is 9.82 Å². The molecule has 0 unspecified atom stereocenters. The zero-order valence-electron chi connectivity index (χ0n) is 15.2. The molecule has 2 aromatic heterocycles. The second-order valence-corrected chi connectivity index (χ2v) is 8.80. The Bertz CT molecular complexity index is 1390. The topological polar surface area (TPSA) is 134 Å². The van der Waals surface area contributed by atoms with Gasteiger partial charge in [0, 0.05) is 29.4 Å². The fraction of sp³-hybridized carbons (Fsp3) is 0. The molecular formula is C18H10ClFN6O3S2. The van der Waals surface area contributed by atoms with Gasteiger partial charge in [0.25, 0.3) is 10.0 Å². The van der Waals surface area contributed by atoms with E-state index in [1.165, 1.54) is 18.3 Å². The third-order valence-electron chi connectivity index (χ3n) is 3.98. The molecule has 31 heavy (non-hydrogen) atoms. The number of ether oxygens (including phenoxy) is 1. The van der Waals surface area contributed by atoms with Gasteiger partial charge in [-0.25, -0.2) is 17.8 Å². The average molecular weight is 477 g/mol. The fourth-order valence-corrected chi connectivity index (χ4v) is 4.62. The van der Waals surface area contributed by atoms with E-state index in [0.29, 0.717) is 16.8 Å². The Morgan fingerprint density at radius 2 is 2.06 bits per heavy atom. The third kappa shape index (κ3) is 4.33. The number of nitriles is 1. The van der Waals surface area contributed by atoms with Gasteiger partial charge in [0.15, 0.2) is 0 Å². The molecule has 0 aliphatic carbocycles. The summed E-state index contributed by atoms with van der Waals surface area (Å²) < 4.78 is 51.2. The first kappa shape index (κ1) is 20.7. The fourth-order valence-electron chi connectivity index (χ4n) is 2.61. The number of anilines is 1. The van der Waals surface area contributed by atoms with Crippen LogP contribution in [0.3, 0.4) is 0 Å². The Kier molecular flexibility index (Phi) is 5.55. The normalized spacial score (nSPS) is 11.1. The maximum absolute atomic E-state index is 14.7. The number of hydrogen-bond donors (Lipinski definition) is 2. The summed E-state index contributed by atoms with van der Waals surface area (Å²) in [6.45, 7) is 0. The summed E-state index contributed by atoms with van der Waals surface area (Å²) in [6.07, 6.45) is 2.69. The molecule has 0 amide bonds. The number of benzene rings is 2. The molecule has 2 heterocycles. The Balaban J connectivity index is 1.70. The maximum Gasteiger partial charge on any atom is 0.266 e. The minimum Gasteiger partial charge on any atom is -0.455 e. The molecule has 0 atom stereocenters. The van der Waals surface area contributed by atoms with Crippen LogP contribution in [0.15, 0.2) is 53.8 Å². The Morgan fingerprint density at radius 3 is 2.74 bits per heavy atom. The number of rotatable bonds is 6. The zero-order valence-corrected chi connectivity index (χ0v) is 17.6. The summed E-state index contributed by atoms with van der Waals surface area (Å²) in [6, 6.07) is 10.1. The quantitative estimate of drug-likeness (QED) is 0.426. The standard InChI is InChI=1S/C18H10ClFN6O3S2/c19-12-6-17(31(27,28)26-18-22-9-24-30-18)13(20)7-16(12)29-15-2-1-10(8-21)5-11(15)14-3-4-23-25-14/h1-7,9H,(H,23,25)(H,22,24,26). The van der Waals surface area contributed by atoms with Crippen molar-refractivity contribution in [2.45, 2.75) is 4.90 Å². The van der Waals surface area contributed by atoms with Gasteiger partial charge in [0.1, 0.15) is 28.5 Å². The third-order valence-corrected chi connectivity index (χ3v) is 6.34. The van der Waals surface area contributed by atoms with E-state index in [9.17, 15) is 12.8 Å². The molecule has 156 valence electrons. The van der Waals surface area contributed by atoms with Crippen molar-refractivity contribution in [3.8, 4) is 28.8 Å². The van der Waals surface area contributed by atoms with Crippen molar-refractivity contribution >= 4 is 38.3 Å². The number of nitrogens with zero attached hydrogens (tertiary/aromatic N) is 4. The first-order valence-corrected chi connectivity index (χ1v) is 11.0. The summed E-state index contributed by atoms with van der Waals surface area (Å²) >= 11 is 6.99. The summed E-state index contributed by atoms with van der Waals surface area (Å²) in [5, 5.41) is 15.6. The molecule has 0 aliphatic heterocycles. The van der Waals surface area contributed by atoms with E-state index < -0.39 is 20.7 Å². The van der Waals surface area contributed by atoms with Gasteiger partial charge in [-0.15, -0.1) is 0 Å². The van der Waals surface area contributed by atoms with Gasteiger partial charge in [-0.05, 0) is 30.3 Å². The van der Waals surface area contributed by atoms with Crippen molar-refractivity contribution in [2.75, 3.05) is 4.72 Å². The molecule has 9 nitrogen and oxygen atoms in total. The lowest BCUT2D eigenvalue weighted by Crippen LogP contribution is -2.14. The highest BCUT2D eigenvalue weighted by Crippen LogP contribution is 2.38. The van der Waals surface area contributed by atoms with Gasteiger partial charge in [0.05, 0.1) is 22.3 Å².